The van der Waals surface area contributed by atoms with Crippen LogP contribution in [0.4, 0.5) is 21.1 Å². The topological polar surface area (TPSA) is 337 Å². The molecule has 26 heteroatoms. The lowest BCUT2D eigenvalue weighted by Crippen LogP contribution is -2.54. The number of nitrogens with two attached hydrogens (primary N) is 1. The number of methoxy groups -OCH3 is 2. The molecule has 1 fully saturated rings. The summed E-state index contributed by atoms with van der Waals surface area (Å²) in [6.07, 6.45) is 3.76. The van der Waals surface area contributed by atoms with E-state index in [4.69, 9.17) is 19.9 Å². The number of benzene rings is 2. The maximum atomic E-state index is 15.0. The number of primary amides is 1. The quantitative estimate of drug-likeness (QED) is 0.0178. The molecule has 0 radical (unpaired) electrons. The number of rotatable bonds is 41. The van der Waals surface area contributed by atoms with Crippen LogP contribution in [0.3, 0.4) is 0 Å². The predicted octanol–water partition coefficient (Wildman–Crippen LogP) is 9.22. The van der Waals surface area contributed by atoms with E-state index >= 15 is 0 Å². The van der Waals surface area contributed by atoms with Crippen molar-refractivity contribution in [3.05, 3.63) is 131 Å². The van der Waals surface area contributed by atoms with E-state index in [9.17, 15) is 52.7 Å². The summed E-state index contributed by atoms with van der Waals surface area (Å²) in [5.74, 6) is -7.54. The molecule has 0 saturated carbocycles. The number of nitrogens with zero attached hydrogens (tertiary/aromatic N) is 5. The van der Waals surface area contributed by atoms with Crippen LogP contribution in [0.5, 0.6) is 0 Å². The zero-order valence-corrected chi connectivity index (χ0v) is 61.6. The van der Waals surface area contributed by atoms with Crippen molar-refractivity contribution in [2.75, 3.05) is 52.0 Å². The van der Waals surface area contributed by atoms with E-state index in [1.54, 1.807) is 82.1 Å². The molecule has 4 aromatic rings. The van der Waals surface area contributed by atoms with Gasteiger partial charge >= 0.3 is 12.1 Å². The van der Waals surface area contributed by atoms with Gasteiger partial charge in [0.15, 0.2) is 17.3 Å². The second kappa shape index (κ2) is 40.4. The van der Waals surface area contributed by atoms with Crippen molar-refractivity contribution in [2.45, 2.75) is 176 Å². The monoisotopic (exact) mass is 1420 g/mol. The minimum absolute atomic E-state index is 0.00249. The van der Waals surface area contributed by atoms with Crippen LogP contribution in [0.2, 0.25) is 0 Å². The van der Waals surface area contributed by atoms with Crippen LogP contribution < -0.4 is 32.3 Å². The zero-order valence-electron chi connectivity index (χ0n) is 60.8. The number of allylic oxidation sites excluding steroid dienone is 1. The van der Waals surface area contributed by atoms with E-state index in [1.807, 2.05) is 70.3 Å². The van der Waals surface area contributed by atoms with E-state index in [-0.39, 0.29) is 116 Å². The number of aromatic nitrogens is 2. The highest BCUT2D eigenvalue weighted by atomic mass is 32.1. The average Bonchev–Trinajstić information content (AvgIpc) is 1.80. The van der Waals surface area contributed by atoms with Gasteiger partial charge in [-0.2, -0.15) is 0 Å². The van der Waals surface area contributed by atoms with Crippen LogP contribution in [-0.2, 0) is 72.0 Å². The van der Waals surface area contributed by atoms with Crippen LogP contribution in [-0.4, -0.2) is 167 Å². The van der Waals surface area contributed by atoms with Gasteiger partial charge in [0, 0.05) is 88.9 Å². The molecule has 9 amide bonds. The fraction of sp³-hybridized carbons (Fsp3) is 0.533. The highest BCUT2D eigenvalue weighted by Gasteiger charge is 2.44. The standard InChI is InChI=1S/C75H105N11O14S/c1-16-47(10)67(61(98-14)42-64(91)86-34-23-27-58(86)68(99-15)48(11)69(92)81-57(72-77-33-35-101-72)36-49-24-20-19-21-25-49)84(12)73(95)56(44(4)5)41-60(89)66(46(8)9)85(13)75(97)100-43-50-28-30-53(31-29-50)80-70(93)51(26-22-32-78-74(76)96)38-59(88)65(45(6)7)83-71(94)52-37-54(40-55(87)17-2)79-62(39-52)82-63(90)18-3/h17-21,24-25,28-31,33,35,37,39,44-48,51,56-58,61,65-68H,2-3,16,22-23,26-27,32,34,36,38,40-43H2,1,4-15H3,(H,80,93)(H,81,92)(H,83,94)(H3,76,78,96)(H,79,82,90)/t47-,48+,51+,56-,57-,58-,61+,65-,66-,67-,68+/m0/s1. The number of ketones is 3. The van der Waals surface area contributed by atoms with Gasteiger partial charge in [-0.1, -0.05) is 124 Å². The van der Waals surface area contributed by atoms with Crippen LogP contribution in [0.1, 0.15) is 152 Å². The van der Waals surface area contributed by atoms with Crippen LogP contribution >= 0.6 is 11.3 Å². The first kappa shape index (κ1) is 82.7. The first-order valence-electron chi connectivity index (χ1n) is 34.6. The Labute approximate surface area is 598 Å². The number of carbonyl (C=O) groups is 11. The molecule has 0 aliphatic carbocycles. The minimum atomic E-state index is -1.09. The molecule has 2 aromatic carbocycles. The molecule has 1 aliphatic heterocycles. The number of hydrogen-bond donors (Lipinski definition) is 6. The fourth-order valence-electron chi connectivity index (χ4n) is 13.0. The van der Waals surface area contributed by atoms with Gasteiger partial charge in [0.2, 0.25) is 29.5 Å². The predicted molar refractivity (Wildman–Crippen MR) is 387 cm³/mol. The fourth-order valence-corrected chi connectivity index (χ4v) is 13.7. The molecule has 1 aliphatic rings. The molecular weight excluding hydrogens is 1310 g/mol. The lowest BCUT2D eigenvalue weighted by Gasteiger charge is -2.41. The van der Waals surface area contributed by atoms with Crippen molar-refractivity contribution in [1.29, 1.82) is 0 Å². The molecule has 1 saturated heterocycles. The van der Waals surface area contributed by atoms with Gasteiger partial charge in [-0.25, -0.2) is 19.6 Å². The summed E-state index contributed by atoms with van der Waals surface area (Å²) in [7, 11) is 6.24. The largest absolute Gasteiger partial charge is 0.445 e. The lowest BCUT2D eigenvalue weighted by molar-refractivity contribution is -0.149. The van der Waals surface area contributed by atoms with Crippen molar-refractivity contribution in [2.24, 2.45) is 47.2 Å². The van der Waals surface area contributed by atoms with Crippen molar-refractivity contribution >= 4 is 87.8 Å². The van der Waals surface area contributed by atoms with Gasteiger partial charge in [-0.3, -0.25) is 43.2 Å². The van der Waals surface area contributed by atoms with Crippen molar-refractivity contribution in [3.8, 4) is 0 Å². The van der Waals surface area contributed by atoms with Crippen molar-refractivity contribution < 1.29 is 67.0 Å². The number of Topliss-reactive ketones (excluding diaryl/α,β-unsaturated/α-hetero) is 2. The van der Waals surface area contributed by atoms with Gasteiger partial charge in [0.25, 0.3) is 5.91 Å². The Hall–Kier alpha value is -9.01. The minimum Gasteiger partial charge on any atom is -0.445 e. The van der Waals surface area contributed by atoms with Crippen LogP contribution in [0.25, 0.3) is 0 Å². The number of ether oxygens (including phenoxy) is 3. The highest BCUT2D eigenvalue weighted by molar-refractivity contribution is 7.09. The molecule has 0 unspecified atom stereocenters. The zero-order chi connectivity index (χ0) is 74.8. The van der Waals surface area contributed by atoms with Gasteiger partial charge in [0.1, 0.15) is 17.4 Å². The number of thiazole rings is 1. The Bertz CT molecular complexity index is 3440. The molecule has 101 heavy (non-hydrogen) atoms. The Kier molecular flexibility index (Phi) is 33.1. The maximum absolute atomic E-state index is 15.0. The first-order chi connectivity index (χ1) is 48.0. The number of carbonyl (C=O) groups excluding carboxylic acids is 11. The van der Waals surface area contributed by atoms with E-state index < -0.39 is 102 Å². The van der Waals surface area contributed by atoms with Crippen LogP contribution in [0, 0.1) is 41.4 Å². The van der Waals surface area contributed by atoms with E-state index in [0.717, 1.165) is 22.7 Å². The number of hydrogen-bond acceptors (Lipinski definition) is 17. The summed E-state index contributed by atoms with van der Waals surface area (Å²) in [5, 5.41) is 16.5. The Balaban J connectivity index is 1.22. The molecule has 0 spiro atoms. The SMILES string of the molecule is C=CC(=O)Cc1cc(C(=O)N[C@H](C(=O)C[C@@H](CCCNC(N)=O)C(=O)Nc2ccc(COC(=O)N(C)[C@H](C(=O)C[C@H](C(=O)N(C)[C@@H]([C@@H](C)CC)[C@@H](CC(=O)N3CCC[C@H]3[C@H](OC)[C@@H](C)C(=O)N[C@@H](Cc3ccccc3)c3nccs3)OC)C(C)C)C(C)C)cc2)C(C)C)cc(NC(=O)C=C)n1. The molecule has 550 valence electrons. The number of pyridine rings is 1. The second-order valence-electron chi connectivity index (χ2n) is 27.0. The third-order valence-corrected chi connectivity index (χ3v) is 19.6. The van der Waals surface area contributed by atoms with Gasteiger partial charge < -0.3 is 61.2 Å². The summed E-state index contributed by atoms with van der Waals surface area (Å²) in [6, 6.07) is 14.8. The van der Waals surface area contributed by atoms with Gasteiger partial charge in [-0.05, 0) is 103 Å². The summed E-state index contributed by atoms with van der Waals surface area (Å²) in [5.41, 5.74) is 7.37. The molecule has 7 N–H and O–H groups in total. The van der Waals surface area contributed by atoms with Gasteiger partial charge in [-0.15, -0.1) is 11.3 Å². The molecule has 2 aromatic heterocycles. The Morgan fingerprint density at radius 1 is 0.782 bits per heavy atom. The molecule has 3 heterocycles. The molecular formula is C75H105N11O14S. The summed E-state index contributed by atoms with van der Waals surface area (Å²) in [4.78, 5) is 164. The van der Waals surface area contributed by atoms with Crippen molar-refractivity contribution in [3.63, 3.8) is 0 Å². The lowest BCUT2D eigenvalue weighted by atomic mass is 9.83. The normalized spacial score (nSPS) is 15.8. The molecule has 25 nitrogen and oxygen atoms in total. The highest BCUT2D eigenvalue weighted by Crippen LogP contribution is 2.33. The van der Waals surface area contributed by atoms with Crippen LogP contribution in [0.15, 0.2) is 104 Å². The second-order valence-corrected chi connectivity index (χ2v) is 28.0. The molecule has 5 rings (SSSR count). The molecule has 0 bridgehead atoms. The number of urea groups is 1. The Morgan fingerprint density at radius 3 is 2.06 bits per heavy atom. The summed E-state index contributed by atoms with van der Waals surface area (Å²) in [6.45, 7) is 23.9. The van der Waals surface area contributed by atoms with E-state index in [1.165, 1.54) is 42.5 Å². The third-order valence-electron chi connectivity index (χ3n) is 18.7. The number of amides is 9. The average molecular weight is 1420 g/mol. The summed E-state index contributed by atoms with van der Waals surface area (Å²) < 4.78 is 18.0. The van der Waals surface area contributed by atoms with Crippen molar-refractivity contribution in [1.82, 2.24) is 40.6 Å². The third kappa shape index (κ3) is 24.4. The maximum Gasteiger partial charge on any atom is 0.410 e. The van der Waals surface area contributed by atoms with E-state index in [2.05, 4.69) is 49.7 Å². The number of anilines is 2. The molecule has 11 atom stereocenters. The number of nitrogens with one attached hydrogen (secondary N) is 5. The number of likely N-dealkylation sites (tertiary alicyclic amines) is 1. The van der Waals surface area contributed by atoms with Gasteiger partial charge in [0.05, 0.1) is 66.9 Å². The Morgan fingerprint density at radius 2 is 1.48 bits per heavy atom. The smallest absolute Gasteiger partial charge is 0.410 e. The van der Waals surface area contributed by atoms with E-state index in [0.29, 0.717) is 43.5 Å². The number of likely N-dealkylation sites (N-methyl/N-ethyl adjacent to an activating group) is 2. The first-order valence-corrected chi connectivity index (χ1v) is 35.5. The summed E-state index contributed by atoms with van der Waals surface area (Å²) >= 11 is 1.47.